The van der Waals surface area contributed by atoms with Crippen molar-refractivity contribution < 1.29 is 14.2 Å². The summed E-state index contributed by atoms with van der Waals surface area (Å²) in [5.74, 6) is 1.93. The minimum atomic E-state index is 0. The Labute approximate surface area is 190 Å². The third-order valence-electron chi connectivity index (χ3n) is 4.09. The number of nitrogens with one attached hydrogen (secondary N) is 1. The van der Waals surface area contributed by atoms with Crippen LogP contribution in [0.2, 0.25) is 0 Å². The topological polar surface area (TPSA) is 81.3 Å². The van der Waals surface area contributed by atoms with Crippen LogP contribution in [0.5, 0.6) is 11.5 Å². The van der Waals surface area contributed by atoms with Crippen LogP contribution in [0, 0.1) is 0 Å². The summed E-state index contributed by atoms with van der Waals surface area (Å²) in [4.78, 5) is 6.56. The van der Waals surface area contributed by atoms with E-state index < -0.39 is 0 Å². The first kappa shape index (κ1) is 25.0. The van der Waals surface area contributed by atoms with E-state index in [1.54, 1.807) is 14.2 Å². The molecule has 0 atom stereocenters. The molecule has 0 spiro atoms. The largest absolute Gasteiger partial charge is 0.497 e. The number of hydrogen-bond acceptors (Lipinski definition) is 5. The molecule has 0 bridgehead atoms. The molecule has 0 aliphatic heterocycles. The summed E-state index contributed by atoms with van der Waals surface area (Å²) in [5.41, 5.74) is 7.84. The zero-order chi connectivity index (χ0) is 20.2. The molecule has 29 heavy (non-hydrogen) atoms. The van der Waals surface area contributed by atoms with Crippen LogP contribution < -0.4 is 20.5 Å². The van der Waals surface area contributed by atoms with Gasteiger partial charge in [-0.3, -0.25) is 0 Å². The molecule has 160 valence electrons. The number of benzene rings is 2. The molecule has 0 heterocycles. The number of anilines is 1. The van der Waals surface area contributed by atoms with Crippen LogP contribution in [0.1, 0.15) is 5.56 Å². The lowest BCUT2D eigenvalue weighted by Gasteiger charge is -2.16. The Kier molecular flexibility index (Phi) is 12.1. The minimum Gasteiger partial charge on any atom is -0.497 e. The predicted molar refractivity (Wildman–Crippen MR) is 129 cm³/mol. The molecule has 2 aromatic carbocycles. The Hall–Kier alpha value is -2.04. The zero-order valence-electron chi connectivity index (χ0n) is 17.3. The van der Waals surface area contributed by atoms with Crippen LogP contribution in [-0.2, 0) is 11.3 Å². The van der Waals surface area contributed by atoms with Gasteiger partial charge in [-0.25, -0.2) is 4.99 Å². The van der Waals surface area contributed by atoms with E-state index in [1.807, 2.05) is 55.6 Å². The van der Waals surface area contributed by atoms with Crippen molar-refractivity contribution in [3.8, 4) is 11.5 Å². The molecule has 8 heteroatoms. The summed E-state index contributed by atoms with van der Waals surface area (Å²) in [6.07, 6.45) is 0. The molecule has 2 rings (SSSR count). The SMILES string of the molecule is COCCN(C)CCOc1cccc(CN=C(N)Nc2cccc(OC)c2)c1.I. The van der Waals surface area contributed by atoms with Gasteiger partial charge in [0.15, 0.2) is 5.96 Å². The highest BCUT2D eigenvalue weighted by molar-refractivity contribution is 14.0. The summed E-state index contributed by atoms with van der Waals surface area (Å²) in [6, 6.07) is 15.4. The molecule has 0 aliphatic carbocycles. The van der Waals surface area contributed by atoms with Crippen molar-refractivity contribution in [1.82, 2.24) is 4.90 Å². The summed E-state index contributed by atoms with van der Waals surface area (Å²) < 4.78 is 16.1. The quantitative estimate of drug-likeness (QED) is 0.273. The summed E-state index contributed by atoms with van der Waals surface area (Å²) in [7, 11) is 5.38. The van der Waals surface area contributed by atoms with Crippen molar-refractivity contribution in [2.75, 3.05) is 52.9 Å². The number of ether oxygens (including phenoxy) is 3. The molecule has 0 radical (unpaired) electrons. The van der Waals surface area contributed by atoms with Crippen molar-refractivity contribution in [2.45, 2.75) is 6.54 Å². The van der Waals surface area contributed by atoms with Crippen molar-refractivity contribution in [2.24, 2.45) is 10.7 Å². The normalized spacial score (nSPS) is 11.1. The van der Waals surface area contributed by atoms with Gasteiger partial charge in [-0.2, -0.15) is 0 Å². The molecular weight excluding hydrogens is 483 g/mol. The Morgan fingerprint density at radius 3 is 2.52 bits per heavy atom. The van der Waals surface area contributed by atoms with Crippen LogP contribution in [0.4, 0.5) is 5.69 Å². The summed E-state index contributed by atoms with van der Waals surface area (Å²) in [6.45, 7) is 3.52. The van der Waals surface area contributed by atoms with Gasteiger partial charge in [-0.1, -0.05) is 18.2 Å². The maximum absolute atomic E-state index is 5.99. The lowest BCUT2D eigenvalue weighted by atomic mass is 10.2. The van der Waals surface area contributed by atoms with Crippen LogP contribution in [0.3, 0.4) is 0 Å². The van der Waals surface area contributed by atoms with E-state index in [0.29, 0.717) is 19.1 Å². The van der Waals surface area contributed by atoms with Gasteiger partial charge in [0.25, 0.3) is 0 Å². The standard InChI is InChI=1S/C21H30N4O3.HI/c1-25(10-12-26-2)11-13-28-20-9-4-6-17(14-20)16-23-21(22)24-18-7-5-8-19(15-18)27-3;/h4-9,14-15H,10-13,16H2,1-3H3,(H3,22,23,24);1H. The second-order valence-corrected chi connectivity index (χ2v) is 6.35. The fraction of sp³-hybridized carbons (Fsp3) is 0.381. The first-order chi connectivity index (χ1) is 13.6. The van der Waals surface area contributed by atoms with E-state index in [0.717, 1.165) is 42.4 Å². The Balaban J connectivity index is 0.00000420. The van der Waals surface area contributed by atoms with Crippen molar-refractivity contribution >= 4 is 35.6 Å². The van der Waals surface area contributed by atoms with Crippen molar-refractivity contribution in [3.05, 3.63) is 54.1 Å². The molecule has 0 saturated carbocycles. The van der Waals surface area contributed by atoms with Gasteiger partial charge in [0.1, 0.15) is 18.1 Å². The molecule has 0 saturated heterocycles. The number of guanidine groups is 1. The Bertz CT molecular complexity index is 758. The highest BCUT2D eigenvalue weighted by Gasteiger charge is 2.01. The zero-order valence-corrected chi connectivity index (χ0v) is 19.6. The fourth-order valence-corrected chi connectivity index (χ4v) is 2.48. The van der Waals surface area contributed by atoms with E-state index in [1.165, 1.54) is 0 Å². The van der Waals surface area contributed by atoms with Crippen LogP contribution >= 0.6 is 24.0 Å². The average Bonchev–Trinajstić information content (AvgIpc) is 2.71. The number of rotatable bonds is 11. The smallest absolute Gasteiger partial charge is 0.193 e. The number of likely N-dealkylation sites (N-methyl/N-ethyl adjacent to an activating group) is 1. The molecular formula is C21H31IN4O3. The molecule has 0 aromatic heterocycles. The highest BCUT2D eigenvalue weighted by atomic mass is 127. The maximum Gasteiger partial charge on any atom is 0.193 e. The second-order valence-electron chi connectivity index (χ2n) is 6.35. The van der Waals surface area contributed by atoms with Gasteiger partial charge in [0.2, 0.25) is 0 Å². The van der Waals surface area contributed by atoms with E-state index in [4.69, 9.17) is 19.9 Å². The third kappa shape index (κ3) is 9.82. The van der Waals surface area contributed by atoms with Crippen LogP contribution in [-0.4, -0.2) is 58.4 Å². The minimum absolute atomic E-state index is 0. The second kappa shape index (κ2) is 14.0. The third-order valence-corrected chi connectivity index (χ3v) is 4.09. The molecule has 0 unspecified atom stereocenters. The molecule has 0 aliphatic rings. The monoisotopic (exact) mass is 514 g/mol. The van der Waals surface area contributed by atoms with Crippen molar-refractivity contribution in [3.63, 3.8) is 0 Å². The van der Waals surface area contributed by atoms with Crippen molar-refractivity contribution in [1.29, 1.82) is 0 Å². The van der Waals surface area contributed by atoms with E-state index in [9.17, 15) is 0 Å². The van der Waals surface area contributed by atoms with Crippen LogP contribution in [0.25, 0.3) is 0 Å². The van der Waals surface area contributed by atoms with Gasteiger partial charge >= 0.3 is 0 Å². The lowest BCUT2D eigenvalue weighted by Crippen LogP contribution is -2.27. The highest BCUT2D eigenvalue weighted by Crippen LogP contribution is 2.17. The van der Waals surface area contributed by atoms with Crippen LogP contribution in [0.15, 0.2) is 53.5 Å². The fourth-order valence-electron chi connectivity index (χ4n) is 2.48. The molecule has 0 amide bonds. The van der Waals surface area contributed by atoms with E-state index in [-0.39, 0.29) is 24.0 Å². The molecule has 2 aromatic rings. The number of halogens is 1. The predicted octanol–water partition coefficient (Wildman–Crippen LogP) is 3.20. The first-order valence-corrected chi connectivity index (χ1v) is 9.21. The summed E-state index contributed by atoms with van der Waals surface area (Å²) >= 11 is 0. The number of nitrogens with two attached hydrogens (primary N) is 1. The van der Waals surface area contributed by atoms with E-state index >= 15 is 0 Å². The van der Waals surface area contributed by atoms with Gasteiger partial charge < -0.3 is 30.2 Å². The number of hydrogen-bond donors (Lipinski definition) is 2. The Morgan fingerprint density at radius 2 is 1.76 bits per heavy atom. The number of aliphatic imine (C=N–C) groups is 1. The van der Waals surface area contributed by atoms with Gasteiger partial charge in [0.05, 0.1) is 20.3 Å². The maximum atomic E-state index is 5.99. The molecule has 0 fully saturated rings. The van der Waals surface area contributed by atoms with Gasteiger partial charge in [-0.05, 0) is 36.9 Å². The van der Waals surface area contributed by atoms with Gasteiger partial charge in [0, 0.05) is 32.0 Å². The first-order valence-electron chi connectivity index (χ1n) is 9.21. The number of methoxy groups -OCH3 is 2. The number of nitrogens with zero attached hydrogens (tertiary/aromatic N) is 2. The molecule has 7 nitrogen and oxygen atoms in total. The van der Waals surface area contributed by atoms with E-state index in [2.05, 4.69) is 15.2 Å². The lowest BCUT2D eigenvalue weighted by molar-refractivity contribution is 0.150. The summed E-state index contributed by atoms with van der Waals surface area (Å²) in [5, 5.41) is 3.07. The Morgan fingerprint density at radius 1 is 1.03 bits per heavy atom. The molecule has 3 N–H and O–H groups in total. The average molecular weight is 514 g/mol. The van der Waals surface area contributed by atoms with Gasteiger partial charge in [-0.15, -0.1) is 24.0 Å².